The highest BCUT2D eigenvalue weighted by molar-refractivity contribution is 7.16. The van der Waals surface area contributed by atoms with E-state index in [0.29, 0.717) is 11.8 Å². The van der Waals surface area contributed by atoms with Gasteiger partial charge in [-0.25, -0.2) is 0 Å². The van der Waals surface area contributed by atoms with Gasteiger partial charge in [0.05, 0.1) is 4.34 Å². The normalized spacial score (nSPS) is 15.8. The van der Waals surface area contributed by atoms with E-state index < -0.39 is 0 Å². The maximum absolute atomic E-state index is 6.00. The molecule has 7 heteroatoms. The Balaban J connectivity index is 1.37. The summed E-state index contributed by atoms with van der Waals surface area (Å²) in [5.41, 5.74) is 0.949. The molecule has 0 N–H and O–H groups in total. The lowest BCUT2D eigenvalue weighted by atomic mass is 10.2. The van der Waals surface area contributed by atoms with Gasteiger partial charge < -0.3 is 9.42 Å². The molecule has 3 aromatic rings. The van der Waals surface area contributed by atoms with Crippen LogP contribution < -0.4 is 4.90 Å². The molecule has 0 radical (unpaired) electrons. The van der Waals surface area contributed by atoms with Gasteiger partial charge in [-0.15, -0.1) is 11.3 Å². The van der Waals surface area contributed by atoms with Crippen LogP contribution in [0.25, 0.3) is 11.5 Å². The molecule has 0 spiro atoms. The Bertz CT molecular complexity index is 796. The standard InChI is InChI=1S/C17H17ClN4OS/c18-15-7-6-14(24-15)12-21-8-10-22(11-9-21)17-19-16(23-20-17)13-4-2-1-3-5-13/h1-7H,8-12H2. The molecule has 1 fully saturated rings. The van der Waals surface area contributed by atoms with Crippen molar-refractivity contribution in [1.82, 2.24) is 15.0 Å². The lowest BCUT2D eigenvalue weighted by Gasteiger charge is -2.33. The largest absolute Gasteiger partial charge is 0.336 e. The van der Waals surface area contributed by atoms with Crippen molar-refractivity contribution >= 4 is 28.9 Å². The van der Waals surface area contributed by atoms with E-state index in [-0.39, 0.29) is 0 Å². The van der Waals surface area contributed by atoms with Crippen molar-refractivity contribution in [1.29, 1.82) is 0 Å². The van der Waals surface area contributed by atoms with Gasteiger partial charge in [0, 0.05) is 43.2 Å². The molecule has 24 heavy (non-hydrogen) atoms. The summed E-state index contributed by atoms with van der Waals surface area (Å²) in [6.07, 6.45) is 0. The van der Waals surface area contributed by atoms with E-state index in [9.17, 15) is 0 Å². The first-order valence-corrected chi connectivity index (χ1v) is 9.08. The first kappa shape index (κ1) is 15.6. The minimum Gasteiger partial charge on any atom is -0.336 e. The van der Waals surface area contributed by atoms with Crippen molar-refractivity contribution in [3.05, 3.63) is 51.7 Å². The Morgan fingerprint density at radius 1 is 1.04 bits per heavy atom. The van der Waals surface area contributed by atoms with Gasteiger partial charge in [0.25, 0.3) is 11.8 Å². The summed E-state index contributed by atoms with van der Waals surface area (Å²) in [6.45, 7) is 4.70. The van der Waals surface area contributed by atoms with Crippen LogP contribution in [0.2, 0.25) is 4.34 Å². The molecular weight excluding hydrogens is 344 g/mol. The molecule has 5 nitrogen and oxygen atoms in total. The minimum atomic E-state index is 0.571. The number of benzene rings is 1. The Hall–Kier alpha value is -1.89. The van der Waals surface area contributed by atoms with E-state index in [4.69, 9.17) is 16.1 Å². The SMILES string of the molecule is Clc1ccc(CN2CCN(c3noc(-c4ccccc4)n3)CC2)s1. The Morgan fingerprint density at radius 2 is 1.83 bits per heavy atom. The van der Waals surface area contributed by atoms with Gasteiger partial charge in [0.1, 0.15) is 0 Å². The molecule has 0 bridgehead atoms. The first-order chi connectivity index (χ1) is 11.8. The van der Waals surface area contributed by atoms with Crippen molar-refractivity contribution in [2.45, 2.75) is 6.54 Å². The average Bonchev–Trinajstić information content (AvgIpc) is 3.26. The van der Waals surface area contributed by atoms with Crippen LogP contribution in [-0.4, -0.2) is 41.2 Å². The fourth-order valence-electron chi connectivity index (χ4n) is 2.81. The van der Waals surface area contributed by atoms with Crippen LogP contribution in [0.1, 0.15) is 4.88 Å². The van der Waals surface area contributed by atoms with E-state index in [1.54, 1.807) is 11.3 Å². The summed E-state index contributed by atoms with van der Waals surface area (Å²) >= 11 is 7.65. The predicted octanol–water partition coefficient (Wildman–Crippen LogP) is 3.77. The number of nitrogens with zero attached hydrogens (tertiary/aromatic N) is 4. The Morgan fingerprint density at radius 3 is 2.54 bits per heavy atom. The van der Waals surface area contributed by atoms with E-state index in [0.717, 1.165) is 42.6 Å². The zero-order chi connectivity index (χ0) is 16.4. The zero-order valence-electron chi connectivity index (χ0n) is 13.1. The highest BCUT2D eigenvalue weighted by Crippen LogP contribution is 2.24. The predicted molar refractivity (Wildman–Crippen MR) is 96.6 cm³/mol. The van der Waals surface area contributed by atoms with Gasteiger partial charge in [-0.1, -0.05) is 29.8 Å². The fraction of sp³-hybridized carbons (Fsp3) is 0.294. The summed E-state index contributed by atoms with van der Waals surface area (Å²) in [5, 5.41) is 4.13. The second-order valence-corrected chi connectivity index (χ2v) is 7.53. The molecule has 2 aromatic heterocycles. The molecule has 0 unspecified atom stereocenters. The number of piperazine rings is 1. The second kappa shape index (κ2) is 6.93. The quantitative estimate of drug-likeness (QED) is 0.708. The van der Waals surface area contributed by atoms with E-state index in [1.165, 1.54) is 4.88 Å². The van der Waals surface area contributed by atoms with Crippen LogP contribution in [0.5, 0.6) is 0 Å². The monoisotopic (exact) mass is 360 g/mol. The van der Waals surface area contributed by atoms with Gasteiger partial charge in [-0.05, 0) is 29.4 Å². The van der Waals surface area contributed by atoms with Crippen molar-refractivity contribution in [2.75, 3.05) is 31.1 Å². The van der Waals surface area contributed by atoms with E-state index in [2.05, 4.69) is 26.0 Å². The highest BCUT2D eigenvalue weighted by Gasteiger charge is 2.21. The van der Waals surface area contributed by atoms with E-state index >= 15 is 0 Å². The summed E-state index contributed by atoms with van der Waals surface area (Å²) in [6, 6.07) is 13.9. The minimum absolute atomic E-state index is 0.571. The number of halogens is 1. The van der Waals surface area contributed by atoms with Crippen molar-refractivity contribution in [2.24, 2.45) is 0 Å². The third-order valence-corrected chi connectivity index (χ3v) is 5.32. The fourth-order valence-corrected chi connectivity index (χ4v) is 3.94. The molecule has 0 saturated carbocycles. The topological polar surface area (TPSA) is 45.4 Å². The molecule has 1 saturated heterocycles. The highest BCUT2D eigenvalue weighted by atomic mass is 35.5. The zero-order valence-corrected chi connectivity index (χ0v) is 14.6. The number of aromatic nitrogens is 2. The number of thiophene rings is 1. The van der Waals surface area contributed by atoms with Crippen molar-refractivity contribution in [3.8, 4) is 11.5 Å². The molecule has 0 amide bonds. The summed E-state index contributed by atoms with van der Waals surface area (Å²) < 4.78 is 6.25. The third kappa shape index (κ3) is 3.45. The maximum atomic E-state index is 6.00. The summed E-state index contributed by atoms with van der Waals surface area (Å²) in [4.78, 5) is 10.4. The lowest BCUT2D eigenvalue weighted by molar-refractivity contribution is 0.250. The summed E-state index contributed by atoms with van der Waals surface area (Å²) in [7, 11) is 0. The van der Waals surface area contributed by atoms with Gasteiger partial charge in [-0.3, -0.25) is 4.90 Å². The Labute approximate surface area is 149 Å². The van der Waals surface area contributed by atoms with Crippen LogP contribution in [0.3, 0.4) is 0 Å². The van der Waals surface area contributed by atoms with E-state index in [1.807, 2.05) is 36.4 Å². The second-order valence-electron chi connectivity index (χ2n) is 5.73. The summed E-state index contributed by atoms with van der Waals surface area (Å²) in [5.74, 6) is 1.24. The molecule has 1 aliphatic heterocycles. The Kier molecular flexibility index (Phi) is 4.51. The van der Waals surface area contributed by atoms with Gasteiger partial charge in [0.15, 0.2) is 0 Å². The first-order valence-electron chi connectivity index (χ1n) is 7.88. The van der Waals surface area contributed by atoms with Crippen LogP contribution in [0, 0.1) is 0 Å². The number of rotatable bonds is 4. The number of hydrogen-bond acceptors (Lipinski definition) is 6. The van der Waals surface area contributed by atoms with Crippen molar-refractivity contribution < 1.29 is 4.52 Å². The molecule has 0 atom stereocenters. The lowest BCUT2D eigenvalue weighted by Crippen LogP contribution is -2.46. The van der Waals surface area contributed by atoms with Crippen molar-refractivity contribution in [3.63, 3.8) is 0 Å². The average molecular weight is 361 g/mol. The maximum Gasteiger partial charge on any atom is 0.266 e. The molecular formula is C17H17ClN4OS. The van der Waals surface area contributed by atoms with Gasteiger partial charge >= 0.3 is 0 Å². The van der Waals surface area contributed by atoms with Crippen LogP contribution in [-0.2, 0) is 6.54 Å². The molecule has 4 rings (SSSR count). The van der Waals surface area contributed by atoms with Crippen LogP contribution in [0.4, 0.5) is 5.95 Å². The van der Waals surface area contributed by atoms with Gasteiger partial charge in [0.2, 0.25) is 0 Å². The molecule has 1 aromatic carbocycles. The van der Waals surface area contributed by atoms with Gasteiger partial charge in [-0.2, -0.15) is 4.98 Å². The molecule has 124 valence electrons. The van der Waals surface area contributed by atoms with Crippen LogP contribution in [0.15, 0.2) is 47.0 Å². The molecule has 1 aliphatic rings. The smallest absolute Gasteiger partial charge is 0.266 e. The molecule has 0 aliphatic carbocycles. The third-order valence-electron chi connectivity index (χ3n) is 4.10. The molecule has 3 heterocycles. The number of anilines is 1. The van der Waals surface area contributed by atoms with Crippen LogP contribution >= 0.6 is 22.9 Å². The number of hydrogen-bond donors (Lipinski definition) is 0.